The maximum absolute atomic E-state index is 13.1. The van der Waals surface area contributed by atoms with Gasteiger partial charge in [0.25, 0.3) is 0 Å². The topological polar surface area (TPSA) is 76.4 Å². The summed E-state index contributed by atoms with van der Waals surface area (Å²) in [5.41, 5.74) is -1.49. The van der Waals surface area contributed by atoms with Crippen LogP contribution in [0, 0.1) is 0 Å². The minimum Gasteiger partial charge on any atom is -0.443 e. The molecule has 8 nitrogen and oxygen atoms in total. The van der Waals surface area contributed by atoms with E-state index in [1.165, 1.54) is 16.8 Å². The van der Waals surface area contributed by atoms with Crippen LogP contribution in [0.4, 0.5) is 18.0 Å². The fraction of sp³-hybridized carbons (Fsp3) is 0.652. The molecule has 0 aliphatic carbocycles. The third-order valence-electron chi connectivity index (χ3n) is 6.98. The summed E-state index contributed by atoms with van der Waals surface area (Å²) in [5, 5.41) is 11.6. The number of aromatic nitrogens is 4. The van der Waals surface area contributed by atoms with Crippen molar-refractivity contribution in [3.63, 3.8) is 0 Å². The van der Waals surface area contributed by atoms with E-state index in [1.807, 2.05) is 34.6 Å². The molecule has 1 amide bonds. The van der Waals surface area contributed by atoms with E-state index in [-0.39, 0.29) is 11.8 Å². The molecule has 1 aromatic carbocycles. The van der Waals surface area contributed by atoms with Gasteiger partial charge in [-0.1, -0.05) is 26.8 Å². The van der Waals surface area contributed by atoms with Crippen LogP contribution in [-0.4, -0.2) is 66.9 Å². The molecule has 1 atom stereocenters. The van der Waals surface area contributed by atoms with Gasteiger partial charge in [-0.3, -0.25) is 4.90 Å². The number of amides is 1. The zero-order chi connectivity index (χ0) is 25.1. The molecule has 1 fully saturated rings. The molecule has 11 heteroatoms. The van der Waals surface area contributed by atoms with Crippen LogP contribution in [0.5, 0.6) is 0 Å². The van der Waals surface area contributed by atoms with Gasteiger partial charge in [0.15, 0.2) is 5.82 Å². The Morgan fingerprint density at radius 1 is 1.18 bits per heavy atom. The van der Waals surface area contributed by atoms with Crippen molar-refractivity contribution < 1.29 is 22.7 Å². The van der Waals surface area contributed by atoms with Crippen LogP contribution in [-0.2, 0) is 17.5 Å². The van der Waals surface area contributed by atoms with E-state index in [9.17, 15) is 18.0 Å². The van der Waals surface area contributed by atoms with Gasteiger partial charge in [-0.2, -0.15) is 17.9 Å². The third-order valence-corrected chi connectivity index (χ3v) is 6.98. The summed E-state index contributed by atoms with van der Waals surface area (Å²) in [7, 11) is 0. The number of carbonyl (C=O) groups excluding carboxylic acids is 1. The van der Waals surface area contributed by atoms with Gasteiger partial charge < -0.3 is 9.64 Å². The van der Waals surface area contributed by atoms with Crippen LogP contribution in [0.25, 0.3) is 5.69 Å². The van der Waals surface area contributed by atoms with Crippen LogP contribution in [0.15, 0.2) is 24.3 Å². The highest BCUT2D eigenvalue weighted by molar-refractivity contribution is 5.69. The van der Waals surface area contributed by atoms with Crippen molar-refractivity contribution in [3.05, 3.63) is 35.7 Å². The lowest BCUT2D eigenvalue weighted by molar-refractivity contribution is -0.137. The fourth-order valence-corrected chi connectivity index (χ4v) is 4.09. The molecule has 2 aromatic rings. The molecule has 1 saturated heterocycles. The minimum absolute atomic E-state index is 0.244. The van der Waals surface area contributed by atoms with E-state index in [2.05, 4.69) is 20.4 Å². The maximum atomic E-state index is 13.1. The SMILES string of the molecule is CCC(C)(CC)OC(=O)N1CCN(Cc2nnnn2-c2cccc(C(F)(F)F)c2)CC1(C)CC. The van der Waals surface area contributed by atoms with Gasteiger partial charge in [0.05, 0.1) is 23.3 Å². The van der Waals surface area contributed by atoms with Crippen LogP contribution in [0.2, 0.25) is 0 Å². The van der Waals surface area contributed by atoms with Crippen molar-refractivity contribution in [1.29, 1.82) is 0 Å². The van der Waals surface area contributed by atoms with Crippen molar-refractivity contribution in [1.82, 2.24) is 30.0 Å². The Kier molecular flexibility index (Phi) is 7.54. The second-order valence-electron chi connectivity index (χ2n) is 9.29. The zero-order valence-electron chi connectivity index (χ0n) is 20.4. The Balaban J connectivity index is 1.75. The lowest BCUT2D eigenvalue weighted by Crippen LogP contribution is -2.62. The highest BCUT2D eigenvalue weighted by Gasteiger charge is 2.42. The lowest BCUT2D eigenvalue weighted by atomic mass is 9.93. The Labute approximate surface area is 198 Å². The first kappa shape index (κ1) is 25.9. The summed E-state index contributed by atoms with van der Waals surface area (Å²) in [6.07, 6.45) is -2.59. The van der Waals surface area contributed by atoms with Crippen LogP contribution in [0.1, 0.15) is 65.3 Å². The summed E-state index contributed by atoms with van der Waals surface area (Å²) >= 11 is 0. The van der Waals surface area contributed by atoms with Crippen molar-refractivity contribution in [3.8, 4) is 5.69 Å². The van der Waals surface area contributed by atoms with Gasteiger partial charge in [0.1, 0.15) is 5.60 Å². The Hall–Kier alpha value is -2.69. The van der Waals surface area contributed by atoms with Crippen molar-refractivity contribution in [2.75, 3.05) is 19.6 Å². The Morgan fingerprint density at radius 2 is 1.88 bits per heavy atom. The van der Waals surface area contributed by atoms with E-state index in [0.717, 1.165) is 25.0 Å². The van der Waals surface area contributed by atoms with Crippen molar-refractivity contribution in [2.45, 2.75) is 77.7 Å². The fourth-order valence-electron chi connectivity index (χ4n) is 4.09. The molecule has 0 saturated carbocycles. The van der Waals surface area contributed by atoms with E-state index in [4.69, 9.17) is 4.74 Å². The minimum atomic E-state index is -4.45. The molecule has 0 bridgehead atoms. The van der Waals surface area contributed by atoms with Crippen molar-refractivity contribution >= 4 is 6.09 Å². The molecular formula is C23H33F3N6O2. The van der Waals surface area contributed by atoms with Crippen molar-refractivity contribution in [2.24, 2.45) is 0 Å². The van der Waals surface area contributed by atoms with Gasteiger partial charge in [0, 0.05) is 19.6 Å². The number of halogens is 3. The number of rotatable bonds is 7. The normalized spacial score (nSPS) is 19.9. The quantitative estimate of drug-likeness (QED) is 0.570. The first-order valence-electron chi connectivity index (χ1n) is 11.6. The van der Waals surface area contributed by atoms with Crippen LogP contribution < -0.4 is 0 Å². The molecule has 188 valence electrons. The average Bonchev–Trinajstić information content (AvgIpc) is 3.26. The number of tetrazole rings is 1. The average molecular weight is 483 g/mol. The summed E-state index contributed by atoms with van der Waals surface area (Å²) in [6.45, 7) is 11.9. The molecule has 0 spiro atoms. The van der Waals surface area contributed by atoms with E-state index < -0.39 is 22.9 Å². The van der Waals surface area contributed by atoms with E-state index in [0.29, 0.717) is 38.4 Å². The van der Waals surface area contributed by atoms with Gasteiger partial charge >= 0.3 is 12.3 Å². The number of alkyl halides is 3. The standard InChI is InChI=1S/C23H33F3N6O2/c1-6-21(4)16-30(12-13-31(21)20(33)34-22(5,7-2)8-3)15-19-27-28-29-32(19)18-11-9-10-17(14-18)23(24,25)26/h9-11,14H,6-8,12-13,15-16H2,1-5H3. The van der Waals surface area contributed by atoms with Gasteiger partial charge in [-0.05, 0) is 61.7 Å². The Bertz CT molecular complexity index is 991. The Morgan fingerprint density at radius 3 is 2.50 bits per heavy atom. The summed E-state index contributed by atoms with van der Waals surface area (Å²) < 4.78 is 46.6. The number of carbonyl (C=O) groups is 1. The molecular weight excluding hydrogens is 449 g/mol. The zero-order valence-corrected chi connectivity index (χ0v) is 20.4. The molecule has 1 unspecified atom stereocenters. The monoisotopic (exact) mass is 482 g/mol. The lowest BCUT2D eigenvalue weighted by Gasteiger charge is -2.48. The second kappa shape index (κ2) is 9.89. The highest BCUT2D eigenvalue weighted by atomic mass is 19.4. The number of nitrogens with zero attached hydrogens (tertiary/aromatic N) is 6. The van der Waals surface area contributed by atoms with E-state index >= 15 is 0 Å². The largest absolute Gasteiger partial charge is 0.443 e. The molecule has 0 radical (unpaired) electrons. The summed E-state index contributed by atoms with van der Waals surface area (Å²) in [4.78, 5) is 16.9. The number of ether oxygens (including phenoxy) is 1. The van der Waals surface area contributed by atoms with Gasteiger partial charge in [-0.15, -0.1) is 5.10 Å². The molecule has 34 heavy (non-hydrogen) atoms. The smallest absolute Gasteiger partial charge is 0.416 e. The van der Waals surface area contributed by atoms with E-state index in [1.54, 1.807) is 4.90 Å². The highest BCUT2D eigenvalue weighted by Crippen LogP contribution is 2.31. The van der Waals surface area contributed by atoms with Gasteiger partial charge in [-0.25, -0.2) is 4.79 Å². The molecule has 0 N–H and O–H groups in total. The molecule has 1 aliphatic rings. The van der Waals surface area contributed by atoms with Gasteiger partial charge in [0.2, 0.25) is 0 Å². The predicted molar refractivity (Wildman–Crippen MR) is 120 cm³/mol. The summed E-state index contributed by atoms with van der Waals surface area (Å²) in [6, 6.07) is 4.92. The predicted octanol–water partition coefficient (Wildman–Crippen LogP) is 4.68. The molecule has 1 aliphatic heterocycles. The first-order chi connectivity index (χ1) is 15.9. The van der Waals surface area contributed by atoms with Crippen LogP contribution in [0.3, 0.4) is 0 Å². The first-order valence-corrected chi connectivity index (χ1v) is 11.6. The maximum Gasteiger partial charge on any atom is 0.416 e. The molecule has 1 aromatic heterocycles. The number of benzene rings is 1. The van der Waals surface area contributed by atoms with Crippen LogP contribution >= 0.6 is 0 Å². The number of hydrogen-bond donors (Lipinski definition) is 0. The molecule has 3 rings (SSSR count). The second-order valence-corrected chi connectivity index (χ2v) is 9.29. The molecule has 2 heterocycles. The number of piperazine rings is 1. The third kappa shape index (κ3) is 5.51. The summed E-state index contributed by atoms with van der Waals surface area (Å²) in [5.74, 6) is 0.429. The number of hydrogen-bond acceptors (Lipinski definition) is 6.